The van der Waals surface area contributed by atoms with Crippen molar-refractivity contribution in [3.8, 4) is 0 Å². The molecule has 0 saturated carbocycles. The summed E-state index contributed by atoms with van der Waals surface area (Å²) in [6, 6.07) is 0. The van der Waals surface area contributed by atoms with Crippen LogP contribution in [0.15, 0.2) is 0 Å². The molecule has 2 atom stereocenters. The zero-order valence-electron chi connectivity index (χ0n) is 15.7. The summed E-state index contributed by atoms with van der Waals surface area (Å²) in [6.45, 7) is 8.25. The lowest BCUT2D eigenvalue weighted by Gasteiger charge is -2.12. The fraction of sp³-hybridized carbons (Fsp3) is 0.889. The van der Waals surface area contributed by atoms with Crippen LogP contribution in [-0.4, -0.2) is 37.7 Å². The normalized spacial score (nSPS) is 13.3. The smallest absolute Gasteiger partial charge is 0.308 e. The first kappa shape index (κ1) is 22.9. The average molecular weight is 346 g/mol. The Hall–Kier alpha value is -1.14. The average Bonchev–Trinajstić information content (AvgIpc) is 2.50. The van der Waals surface area contributed by atoms with Gasteiger partial charge in [0.15, 0.2) is 12.6 Å². The third-order valence-corrected chi connectivity index (χ3v) is 3.41. The van der Waals surface area contributed by atoms with Gasteiger partial charge in [-0.15, -0.1) is 0 Å². The molecule has 142 valence electrons. The van der Waals surface area contributed by atoms with Gasteiger partial charge in [-0.3, -0.25) is 9.59 Å². The van der Waals surface area contributed by atoms with Crippen molar-refractivity contribution in [2.75, 3.05) is 13.2 Å². The van der Waals surface area contributed by atoms with E-state index in [1.165, 1.54) is 0 Å². The van der Waals surface area contributed by atoms with Crippen LogP contribution in [0.2, 0.25) is 0 Å². The van der Waals surface area contributed by atoms with Crippen molar-refractivity contribution in [1.29, 1.82) is 0 Å². The van der Waals surface area contributed by atoms with Gasteiger partial charge in [-0.05, 0) is 40.5 Å². The third kappa shape index (κ3) is 14.5. The summed E-state index contributed by atoms with van der Waals surface area (Å²) in [5.41, 5.74) is 0. The Kier molecular flexibility index (Phi) is 14.7. The molecule has 0 aromatic carbocycles. The number of rotatable bonds is 15. The molecule has 0 spiro atoms. The van der Waals surface area contributed by atoms with Crippen LogP contribution in [0.25, 0.3) is 0 Å². The molecule has 0 aliphatic rings. The molecule has 0 aromatic rings. The molecule has 0 radical (unpaired) electrons. The van der Waals surface area contributed by atoms with Crippen molar-refractivity contribution >= 4 is 11.9 Å². The first-order valence-electron chi connectivity index (χ1n) is 9.11. The molecule has 0 aliphatic carbocycles. The molecule has 0 fully saturated rings. The quantitative estimate of drug-likeness (QED) is 0.254. The van der Waals surface area contributed by atoms with E-state index in [9.17, 15) is 9.59 Å². The van der Waals surface area contributed by atoms with Crippen LogP contribution >= 0.6 is 0 Å². The van der Waals surface area contributed by atoms with Crippen LogP contribution in [0, 0.1) is 0 Å². The van der Waals surface area contributed by atoms with E-state index >= 15 is 0 Å². The summed E-state index contributed by atoms with van der Waals surface area (Å²) in [7, 11) is 0. The van der Waals surface area contributed by atoms with E-state index in [1.807, 2.05) is 13.8 Å². The number of carbonyl (C=O) groups is 2. The Morgan fingerprint density at radius 3 is 1.33 bits per heavy atom. The lowest BCUT2D eigenvalue weighted by molar-refractivity contribution is -0.175. The van der Waals surface area contributed by atoms with E-state index in [-0.39, 0.29) is 11.9 Å². The second-order valence-corrected chi connectivity index (χ2v) is 5.65. The molecule has 0 heterocycles. The second kappa shape index (κ2) is 15.4. The van der Waals surface area contributed by atoms with Crippen LogP contribution in [-0.2, 0) is 28.5 Å². The highest BCUT2D eigenvalue weighted by atomic mass is 16.7. The molecule has 0 aromatic heterocycles. The number of unbranched alkanes of at least 4 members (excludes halogenated alkanes) is 5. The Morgan fingerprint density at radius 1 is 0.667 bits per heavy atom. The molecule has 0 amide bonds. The molecule has 0 bridgehead atoms. The standard InChI is InChI=1S/C18H34O6/c1-5-21-15(3)23-17(19)13-11-9-7-8-10-12-14-18(20)24-16(4)22-6-2/h15-16H,5-14H2,1-4H3. The lowest BCUT2D eigenvalue weighted by atomic mass is 10.1. The third-order valence-electron chi connectivity index (χ3n) is 3.41. The highest BCUT2D eigenvalue weighted by Crippen LogP contribution is 2.10. The minimum absolute atomic E-state index is 0.206. The maximum atomic E-state index is 11.5. The fourth-order valence-corrected chi connectivity index (χ4v) is 2.27. The van der Waals surface area contributed by atoms with Crippen molar-refractivity contribution in [1.82, 2.24) is 0 Å². The van der Waals surface area contributed by atoms with Gasteiger partial charge in [-0.1, -0.05) is 25.7 Å². The molecule has 0 rings (SSSR count). The first-order chi connectivity index (χ1) is 11.5. The summed E-state index contributed by atoms with van der Waals surface area (Å²) in [6.07, 6.45) is 5.67. The zero-order chi connectivity index (χ0) is 18.2. The van der Waals surface area contributed by atoms with Crippen molar-refractivity contribution in [2.45, 2.75) is 91.6 Å². The summed E-state index contributed by atoms with van der Waals surface area (Å²) < 4.78 is 20.5. The van der Waals surface area contributed by atoms with Gasteiger partial charge in [-0.25, -0.2) is 0 Å². The minimum Gasteiger partial charge on any atom is -0.436 e. The van der Waals surface area contributed by atoms with Gasteiger partial charge < -0.3 is 18.9 Å². The van der Waals surface area contributed by atoms with Gasteiger partial charge in [0, 0.05) is 26.1 Å². The van der Waals surface area contributed by atoms with Gasteiger partial charge >= 0.3 is 11.9 Å². The monoisotopic (exact) mass is 346 g/mol. The first-order valence-corrected chi connectivity index (χ1v) is 9.11. The van der Waals surface area contributed by atoms with Crippen LogP contribution < -0.4 is 0 Å². The second-order valence-electron chi connectivity index (χ2n) is 5.65. The fourth-order valence-electron chi connectivity index (χ4n) is 2.27. The SMILES string of the molecule is CCOC(C)OC(=O)CCCCCCCCC(=O)OC(C)OCC. The van der Waals surface area contributed by atoms with Crippen molar-refractivity contribution < 1.29 is 28.5 Å². The van der Waals surface area contributed by atoms with E-state index in [0.29, 0.717) is 26.1 Å². The van der Waals surface area contributed by atoms with Gasteiger partial charge in [0.1, 0.15) is 0 Å². The summed E-state index contributed by atoms with van der Waals surface area (Å²) in [5.74, 6) is -0.413. The number of ether oxygens (including phenoxy) is 4. The van der Waals surface area contributed by atoms with Crippen LogP contribution in [0.3, 0.4) is 0 Å². The Balaban J connectivity index is 3.42. The Morgan fingerprint density at radius 2 is 1.00 bits per heavy atom. The van der Waals surface area contributed by atoms with Gasteiger partial charge in [0.25, 0.3) is 0 Å². The van der Waals surface area contributed by atoms with Gasteiger partial charge in [0.05, 0.1) is 0 Å². The zero-order valence-corrected chi connectivity index (χ0v) is 15.7. The minimum atomic E-state index is -0.465. The van der Waals surface area contributed by atoms with E-state index < -0.39 is 12.6 Å². The maximum Gasteiger partial charge on any atom is 0.308 e. The van der Waals surface area contributed by atoms with Crippen molar-refractivity contribution in [3.05, 3.63) is 0 Å². The number of hydrogen-bond donors (Lipinski definition) is 0. The van der Waals surface area contributed by atoms with Crippen LogP contribution in [0.1, 0.15) is 79.1 Å². The topological polar surface area (TPSA) is 71.1 Å². The predicted molar refractivity (Wildman–Crippen MR) is 91.3 cm³/mol. The van der Waals surface area contributed by atoms with Crippen LogP contribution in [0.4, 0.5) is 0 Å². The highest BCUT2D eigenvalue weighted by molar-refractivity contribution is 5.69. The summed E-state index contributed by atoms with van der Waals surface area (Å²) >= 11 is 0. The summed E-state index contributed by atoms with van der Waals surface area (Å²) in [4.78, 5) is 23.0. The van der Waals surface area contributed by atoms with Crippen molar-refractivity contribution in [3.63, 3.8) is 0 Å². The molecule has 6 heteroatoms. The number of esters is 2. The highest BCUT2D eigenvalue weighted by Gasteiger charge is 2.09. The van der Waals surface area contributed by atoms with Gasteiger partial charge in [0.2, 0.25) is 0 Å². The predicted octanol–water partition coefficient (Wildman–Crippen LogP) is 3.96. The molecule has 0 aliphatic heterocycles. The van der Waals surface area contributed by atoms with Crippen LogP contribution in [0.5, 0.6) is 0 Å². The molecular formula is C18H34O6. The molecule has 2 unspecified atom stereocenters. The Bertz CT molecular complexity index is 299. The molecular weight excluding hydrogens is 312 g/mol. The van der Waals surface area contributed by atoms with E-state index in [1.54, 1.807) is 13.8 Å². The van der Waals surface area contributed by atoms with E-state index in [2.05, 4.69) is 0 Å². The summed E-state index contributed by atoms with van der Waals surface area (Å²) in [5, 5.41) is 0. The van der Waals surface area contributed by atoms with Crippen molar-refractivity contribution in [2.24, 2.45) is 0 Å². The van der Waals surface area contributed by atoms with E-state index in [0.717, 1.165) is 38.5 Å². The number of hydrogen-bond acceptors (Lipinski definition) is 6. The Labute approximate surface area is 146 Å². The number of carbonyl (C=O) groups excluding carboxylic acids is 2. The molecule has 0 saturated heterocycles. The van der Waals surface area contributed by atoms with E-state index in [4.69, 9.17) is 18.9 Å². The maximum absolute atomic E-state index is 11.5. The lowest BCUT2D eigenvalue weighted by Crippen LogP contribution is -2.17. The molecule has 6 nitrogen and oxygen atoms in total. The largest absolute Gasteiger partial charge is 0.436 e. The van der Waals surface area contributed by atoms with Gasteiger partial charge in [-0.2, -0.15) is 0 Å². The molecule has 24 heavy (non-hydrogen) atoms. The molecule has 0 N–H and O–H groups in total.